The molecule has 0 aromatic heterocycles. The fourth-order valence-electron chi connectivity index (χ4n) is 2.49. The van der Waals surface area contributed by atoms with Crippen LogP contribution in [0.5, 0.6) is 5.75 Å². The normalized spacial score (nSPS) is 13.7. The lowest BCUT2D eigenvalue weighted by Crippen LogP contribution is -2.47. The molecule has 1 aromatic rings. The van der Waals surface area contributed by atoms with Gasteiger partial charge in [-0.05, 0) is 65.8 Å². The van der Waals surface area contributed by atoms with Crippen molar-refractivity contribution in [2.24, 2.45) is 0 Å². The Morgan fingerprint density at radius 3 is 2.06 bits per heavy atom. The van der Waals surface area contributed by atoms with Crippen LogP contribution in [0.2, 0.25) is 0 Å². The number of amides is 1. The highest BCUT2D eigenvalue weighted by atomic mass is 16.6. The van der Waals surface area contributed by atoms with E-state index in [1.54, 1.807) is 20.8 Å². The summed E-state index contributed by atoms with van der Waals surface area (Å²) in [5.74, 6) is -1.18. The number of carboxylic acid groups (broad SMARTS) is 1. The fourth-order valence-corrected chi connectivity index (χ4v) is 2.49. The van der Waals surface area contributed by atoms with E-state index in [1.807, 2.05) is 20.8 Å². The second-order valence-electron chi connectivity index (χ2n) is 9.24. The summed E-state index contributed by atoms with van der Waals surface area (Å²) >= 11 is 0. The first-order valence-corrected chi connectivity index (χ1v) is 10.4. The summed E-state index contributed by atoms with van der Waals surface area (Å²) in [6, 6.07) is 5.06. The van der Waals surface area contributed by atoms with Gasteiger partial charge in [-0.25, -0.2) is 9.59 Å². The summed E-state index contributed by atoms with van der Waals surface area (Å²) in [5.41, 5.74) is -0.926. The Balaban J connectivity index is 2.95. The van der Waals surface area contributed by atoms with E-state index in [0.717, 1.165) is 0 Å². The summed E-state index contributed by atoms with van der Waals surface area (Å²) in [6.45, 7) is 10.9. The third-order valence-electron chi connectivity index (χ3n) is 3.97. The van der Waals surface area contributed by atoms with Crippen molar-refractivity contribution >= 4 is 17.8 Å². The number of Topliss-reactive ketones (excluding diaryl/α,β-unsaturated/α-hetero) is 1. The van der Waals surface area contributed by atoms with Gasteiger partial charge in [0.05, 0.1) is 18.8 Å². The standard InChI is InChI=1S/C23H35NO8/c1-22(2,3)30-14-17(24-21(28)32-23(4,5)6)19(25)15-8-10-16(11-9-15)31-18(20(26)27)12-13-29-7/h8-11,17-18H,12-14H2,1-7H3,(H,24,28)(H,26,27). The lowest BCUT2D eigenvalue weighted by molar-refractivity contribution is -0.145. The summed E-state index contributed by atoms with van der Waals surface area (Å²) in [4.78, 5) is 36.6. The molecule has 0 heterocycles. The molecule has 0 spiro atoms. The summed E-state index contributed by atoms with van der Waals surface area (Å²) in [5, 5.41) is 11.8. The van der Waals surface area contributed by atoms with Crippen LogP contribution in [0.15, 0.2) is 24.3 Å². The molecule has 0 aliphatic carbocycles. The number of alkyl carbamates (subject to hydrolysis) is 1. The minimum Gasteiger partial charge on any atom is -0.479 e. The van der Waals surface area contributed by atoms with Gasteiger partial charge in [0, 0.05) is 19.1 Å². The third-order valence-corrected chi connectivity index (χ3v) is 3.97. The topological polar surface area (TPSA) is 120 Å². The van der Waals surface area contributed by atoms with Crippen molar-refractivity contribution in [3.63, 3.8) is 0 Å². The van der Waals surface area contributed by atoms with Gasteiger partial charge < -0.3 is 29.4 Å². The Labute approximate surface area is 189 Å². The molecule has 0 bridgehead atoms. The summed E-state index contributed by atoms with van der Waals surface area (Å²) in [7, 11) is 1.48. The Morgan fingerprint density at radius 2 is 1.59 bits per heavy atom. The van der Waals surface area contributed by atoms with Crippen LogP contribution in [-0.4, -0.2) is 66.6 Å². The van der Waals surface area contributed by atoms with Gasteiger partial charge in [-0.1, -0.05) is 0 Å². The average molecular weight is 454 g/mol. The molecule has 2 atom stereocenters. The van der Waals surface area contributed by atoms with E-state index in [4.69, 9.17) is 18.9 Å². The van der Waals surface area contributed by atoms with Crippen molar-refractivity contribution in [1.29, 1.82) is 0 Å². The van der Waals surface area contributed by atoms with E-state index in [9.17, 15) is 19.5 Å². The maximum Gasteiger partial charge on any atom is 0.408 e. The van der Waals surface area contributed by atoms with Gasteiger partial charge in [0.2, 0.25) is 0 Å². The van der Waals surface area contributed by atoms with Crippen molar-refractivity contribution in [3.05, 3.63) is 29.8 Å². The van der Waals surface area contributed by atoms with Crippen LogP contribution >= 0.6 is 0 Å². The van der Waals surface area contributed by atoms with Crippen molar-refractivity contribution < 1.29 is 38.4 Å². The minimum atomic E-state index is -1.11. The van der Waals surface area contributed by atoms with Crippen LogP contribution in [0.1, 0.15) is 58.3 Å². The molecule has 0 radical (unpaired) electrons. The second-order valence-corrected chi connectivity index (χ2v) is 9.24. The molecule has 2 N–H and O–H groups in total. The maximum atomic E-state index is 13.0. The van der Waals surface area contributed by atoms with Crippen LogP contribution in [-0.2, 0) is 19.0 Å². The molecule has 0 aliphatic rings. The van der Waals surface area contributed by atoms with Crippen molar-refractivity contribution in [2.75, 3.05) is 20.3 Å². The predicted molar refractivity (Wildman–Crippen MR) is 118 cm³/mol. The van der Waals surface area contributed by atoms with Gasteiger partial charge in [-0.2, -0.15) is 0 Å². The Bertz CT molecular complexity index is 762. The van der Waals surface area contributed by atoms with Gasteiger partial charge >= 0.3 is 12.1 Å². The average Bonchev–Trinajstić information content (AvgIpc) is 2.66. The van der Waals surface area contributed by atoms with E-state index < -0.39 is 35.4 Å². The second kappa shape index (κ2) is 11.8. The molecule has 1 rings (SSSR count). The quantitative estimate of drug-likeness (QED) is 0.489. The number of benzene rings is 1. The molecule has 0 saturated carbocycles. The summed E-state index contributed by atoms with van der Waals surface area (Å²) < 4.78 is 21.4. The monoisotopic (exact) mass is 453 g/mol. The van der Waals surface area contributed by atoms with Crippen molar-refractivity contribution in [1.82, 2.24) is 5.32 Å². The third kappa shape index (κ3) is 10.6. The first-order chi connectivity index (χ1) is 14.7. The first kappa shape index (κ1) is 27.4. The molecule has 2 unspecified atom stereocenters. The Kier molecular flexibility index (Phi) is 10.1. The van der Waals surface area contributed by atoms with E-state index in [2.05, 4.69) is 5.32 Å². The first-order valence-electron chi connectivity index (χ1n) is 10.4. The lowest BCUT2D eigenvalue weighted by Gasteiger charge is -2.26. The molecule has 9 nitrogen and oxygen atoms in total. The molecule has 9 heteroatoms. The zero-order valence-corrected chi connectivity index (χ0v) is 19.9. The SMILES string of the molecule is COCCC(Oc1ccc(C(=O)C(COC(C)(C)C)NC(=O)OC(C)(C)C)cc1)C(=O)O. The number of rotatable bonds is 11. The number of carbonyl (C=O) groups excluding carboxylic acids is 2. The zero-order chi connectivity index (χ0) is 24.5. The van der Waals surface area contributed by atoms with Crippen LogP contribution in [0.4, 0.5) is 4.79 Å². The number of carbonyl (C=O) groups is 3. The van der Waals surface area contributed by atoms with Gasteiger partial charge in [0.15, 0.2) is 11.9 Å². The van der Waals surface area contributed by atoms with Crippen LogP contribution in [0.25, 0.3) is 0 Å². The molecule has 0 fully saturated rings. The highest BCUT2D eigenvalue weighted by Crippen LogP contribution is 2.18. The minimum absolute atomic E-state index is 0.0437. The largest absolute Gasteiger partial charge is 0.479 e. The number of aliphatic carboxylic acids is 1. The number of hydrogen-bond acceptors (Lipinski definition) is 7. The van der Waals surface area contributed by atoms with Crippen LogP contribution in [0, 0.1) is 0 Å². The number of carboxylic acids is 1. The number of methoxy groups -OCH3 is 1. The highest BCUT2D eigenvalue weighted by molar-refractivity contribution is 6.01. The van der Waals surface area contributed by atoms with Crippen LogP contribution in [0.3, 0.4) is 0 Å². The van der Waals surface area contributed by atoms with Crippen molar-refractivity contribution in [3.8, 4) is 5.75 Å². The Hall–Kier alpha value is -2.65. The van der Waals surface area contributed by atoms with Crippen LogP contribution < -0.4 is 10.1 Å². The lowest BCUT2D eigenvalue weighted by atomic mass is 10.0. The molecule has 0 aliphatic heterocycles. The van der Waals surface area contributed by atoms with Gasteiger partial charge in [-0.3, -0.25) is 4.79 Å². The predicted octanol–water partition coefficient (Wildman–Crippen LogP) is 3.45. The number of hydrogen-bond donors (Lipinski definition) is 2. The molecular weight excluding hydrogens is 418 g/mol. The molecule has 1 amide bonds. The number of nitrogens with one attached hydrogen (secondary N) is 1. The maximum absolute atomic E-state index is 13.0. The zero-order valence-electron chi connectivity index (χ0n) is 19.9. The smallest absolute Gasteiger partial charge is 0.408 e. The molecule has 1 aromatic carbocycles. The van der Waals surface area contributed by atoms with E-state index in [1.165, 1.54) is 31.4 Å². The number of ketones is 1. The highest BCUT2D eigenvalue weighted by Gasteiger charge is 2.27. The van der Waals surface area contributed by atoms with Gasteiger partial charge in [-0.15, -0.1) is 0 Å². The van der Waals surface area contributed by atoms with Crippen molar-refractivity contribution in [2.45, 2.75) is 71.3 Å². The number of ether oxygens (including phenoxy) is 4. The molecular formula is C23H35NO8. The van der Waals surface area contributed by atoms with E-state index >= 15 is 0 Å². The summed E-state index contributed by atoms with van der Waals surface area (Å²) in [6.07, 6.45) is -1.62. The van der Waals surface area contributed by atoms with Gasteiger partial charge in [0.1, 0.15) is 17.4 Å². The van der Waals surface area contributed by atoms with Gasteiger partial charge in [0.25, 0.3) is 0 Å². The Morgan fingerprint density at radius 1 is 1.00 bits per heavy atom. The van der Waals surface area contributed by atoms with E-state index in [0.29, 0.717) is 11.3 Å². The fraction of sp³-hybridized carbons (Fsp3) is 0.609. The molecule has 32 heavy (non-hydrogen) atoms. The van der Waals surface area contributed by atoms with E-state index in [-0.39, 0.29) is 25.4 Å². The molecule has 180 valence electrons. The molecule has 0 saturated heterocycles.